The fourth-order valence-corrected chi connectivity index (χ4v) is 7.38. The van der Waals surface area contributed by atoms with E-state index in [0.29, 0.717) is 17.5 Å². The first-order valence-corrected chi connectivity index (χ1v) is 16.1. The van der Waals surface area contributed by atoms with Gasteiger partial charge in [0.2, 0.25) is 0 Å². The van der Waals surface area contributed by atoms with E-state index in [2.05, 4.69) is 42.5 Å². The van der Waals surface area contributed by atoms with Gasteiger partial charge in [-0.25, -0.2) is 19.9 Å². The summed E-state index contributed by atoms with van der Waals surface area (Å²) < 4.78 is 13.8. The second-order valence-electron chi connectivity index (χ2n) is 11.4. The van der Waals surface area contributed by atoms with Crippen LogP contribution in [0.5, 0.6) is 0 Å². The Balaban J connectivity index is 1.20. The number of nitrogens with zero attached hydrogens (tertiary/aromatic N) is 4. The van der Waals surface area contributed by atoms with E-state index >= 15 is 0 Å². The Morgan fingerprint density at radius 2 is 1.15 bits per heavy atom. The van der Waals surface area contributed by atoms with Gasteiger partial charge in [0.1, 0.15) is 27.3 Å². The minimum Gasteiger partial charge on any atom is -0.456 e. The first-order valence-electron chi connectivity index (χ1n) is 15.3. The zero-order chi connectivity index (χ0) is 30.9. The fourth-order valence-electron chi connectivity index (χ4n) is 6.40. The Morgan fingerprint density at radius 3 is 2.06 bits per heavy atom. The van der Waals surface area contributed by atoms with E-state index in [1.165, 1.54) is 0 Å². The largest absolute Gasteiger partial charge is 0.456 e. The molecule has 7 heteroatoms. The van der Waals surface area contributed by atoms with E-state index in [4.69, 9.17) is 28.8 Å². The number of hydrogen-bond acceptors (Lipinski definition) is 7. The summed E-state index contributed by atoms with van der Waals surface area (Å²) in [6.07, 6.45) is 0. The topological polar surface area (TPSA) is 77.8 Å². The van der Waals surface area contributed by atoms with E-state index in [0.717, 1.165) is 81.4 Å². The first kappa shape index (κ1) is 26.1. The molecule has 47 heavy (non-hydrogen) atoms. The van der Waals surface area contributed by atoms with Gasteiger partial charge >= 0.3 is 0 Å². The van der Waals surface area contributed by atoms with E-state index in [1.54, 1.807) is 11.3 Å². The number of thiazole rings is 1. The predicted octanol–water partition coefficient (Wildman–Crippen LogP) is 10.9. The van der Waals surface area contributed by atoms with Gasteiger partial charge in [0.05, 0.1) is 15.8 Å². The van der Waals surface area contributed by atoms with Crippen LogP contribution in [0.2, 0.25) is 0 Å². The summed E-state index contributed by atoms with van der Waals surface area (Å²) >= 11 is 1.67. The number of hydrogen-bond donors (Lipinski definition) is 0. The average molecular weight is 623 g/mol. The molecular formula is C40H22N4O2S. The number of aromatic nitrogens is 4. The molecule has 0 aliphatic heterocycles. The third kappa shape index (κ3) is 4.17. The van der Waals surface area contributed by atoms with Crippen molar-refractivity contribution in [2.45, 2.75) is 0 Å². The molecule has 10 rings (SSSR count). The smallest absolute Gasteiger partial charge is 0.164 e. The van der Waals surface area contributed by atoms with E-state index < -0.39 is 0 Å². The third-order valence-corrected chi connectivity index (χ3v) is 9.66. The first-order chi connectivity index (χ1) is 23.3. The molecule has 6 aromatic carbocycles. The van der Waals surface area contributed by atoms with Crippen LogP contribution in [0, 0.1) is 0 Å². The highest BCUT2D eigenvalue weighted by atomic mass is 32.1. The lowest BCUT2D eigenvalue weighted by molar-refractivity contribution is 0.669. The van der Waals surface area contributed by atoms with Crippen molar-refractivity contribution in [1.82, 2.24) is 19.9 Å². The van der Waals surface area contributed by atoms with Gasteiger partial charge in [-0.05, 0) is 48.5 Å². The molecule has 0 radical (unpaired) electrons. The maximum atomic E-state index is 6.59. The van der Waals surface area contributed by atoms with E-state index in [1.807, 2.05) is 91.0 Å². The molecule has 0 saturated carbocycles. The van der Waals surface area contributed by atoms with Gasteiger partial charge in [0, 0.05) is 38.2 Å². The highest BCUT2D eigenvalue weighted by Crippen LogP contribution is 2.42. The normalized spacial score (nSPS) is 11.8. The summed E-state index contributed by atoms with van der Waals surface area (Å²) in [6.45, 7) is 0. The lowest BCUT2D eigenvalue weighted by Gasteiger charge is -2.09. The quantitative estimate of drug-likeness (QED) is 0.194. The molecule has 0 amide bonds. The van der Waals surface area contributed by atoms with Crippen LogP contribution in [-0.4, -0.2) is 19.9 Å². The van der Waals surface area contributed by atoms with Crippen LogP contribution in [0.15, 0.2) is 142 Å². The second-order valence-corrected chi connectivity index (χ2v) is 12.5. The molecular weight excluding hydrogens is 601 g/mol. The minimum absolute atomic E-state index is 0.574. The molecule has 0 aliphatic rings. The molecule has 4 heterocycles. The van der Waals surface area contributed by atoms with E-state index in [9.17, 15) is 0 Å². The Bertz CT molecular complexity index is 2780. The molecule has 0 saturated heterocycles. The summed E-state index contributed by atoms with van der Waals surface area (Å²) in [4.78, 5) is 20.1. The molecule has 0 aliphatic carbocycles. The molecule has 220 valence electrons. The highest BCUT2D eigenvalue weighted by Gasteiger charge is 2.21. The standard InChI is InChI=1S/C40H22N4O2S/c1-2-10-23(11-3-1)37-42-38(24-20-21-32-29(22-24)25-12-4-6-17-31(25)45-32)44-39(43-37)27-14-9-18-33-35(27)26-13-8-15-28(36(26)46-33)40-41-30-16-5-7-19-34(30)47-40/h1-22H. The van der Waals surface area contributed by atoms with Crippen molar-refractivity contribution in [2.75, 3.05) is 0 Å². The zero-order valence-corrected chi connectivity index (χ0v) is 25.5. The van der Waals surface area contributed by atoms with Gasteiger partial charge in [-0.1, -0.05) is 84.9 Å². The van der Waals surface area contributed by atoms with Crippen LogP contribution in [0.1, 0.15) is 0 Å². The highest BCUT2D eigenvalue weighted by molar-refractivity contribution is 7.21. The van der Waals surface area contributed by atoms with Crippen molar-refractivity contribution in [3.63, 3.8) is 0 Å². The molecule has 4 aromatic heterocycles. The fraction of sp³-hybridized carbons (Fsp3) is 0. The van der Waals surface area contributed by atoms with Gasteiger partial charge in [-0.2, -0.15) is 0 Å². The lowest BCUT2D eigenvalue weighted by atomic mass is 10.0. The number of fused-ring (bicyclic) bond motifs is 7. The van der Waals surface area contributed by atoms with Gasteiger partial charge in [-0.3, -0.25) is 0 Å². The maximum absolute atomic E-state index is 6.59. The third-order valence-electron chi connectivity index (χ3n) is 8.59. The summed E-state index contributed by atoms with van der Waals surface area (Å²) in [5, 5.41) is 4.94. The van der Waals surface area contributed by atoms with Crippen molar-refractivity contribution in [2.24, 2.45) is 0 Å². The van der Waals surface area contributed by atoms with Crippen molar-refractivity contribution < 1.29 is 8.83 Å². The Kier molecular flexibility index (Phi) is 5.64. The Hall–Kier alpha value is -6.18. The van der Waals surface area contributed by atoms with Gasteiger partial charge < -0.3 is 8.83 Å². The van der Waals surface area contributed by atoms with Crippen LogP contribution in [0.3, 0.4) is 0 Å². The maximum Gasteiger partial charge on any atom is 0.164 e. The van der Waals surface area contributed by atoms with Crippen molar-refractivity contribution in [3.8, 4) is 44.7 Å². The minimum atomic E-state index is 0.574. The number of benzene rings is 6. The summed E-state index contributed by atoms with van der Waals surface area (Å²) in [7, 11) is 0. The second kappa shape index (κ2) is 10.2. The van der Waals surface area contributed by atoms with Gasteiger partial charge in [0.15, 0.2) is 17.5 Å². The van der Waals surface area contributed by atoms with Crippen molar-refractivity contribution >= 4 is 65.4 Å². The zero-order valence-electron chi connectivity index (χ0n) is 24.7. The van der Waals surface area contributed by atoms with Crippen LogP contribution in [-0.2, 0) is 0 Å². The number of para-hydroxylation sites is 3. The molecule has 0 unspecified atom stereocenters. The summed E-state index contributed by atoms with van der Waals surface area (Å²) in [6, 6.07) is 44.7. The number of furan rings is 2. The SMILES string of the molecule is c1ccc(-c2nc(-c3ccc4oc5ccccc5c4c3)nc(-c3cccc4oc5c(-c6nc7ccccc7s6)cccc5c34)n2)cc1. The van der Waals surface area contributed by atoms with Crippen LogP contribution >= 0.6 is 11.3 Å². The molecule has 0 bridgehead atoms. The van der Waals surface area contributed by atoms with Crippen molar-refractivity contribution in [3.05, 3.63) is 133 Å². The van der Waals surface area contributed by atoms with Gasteiger partial charge in [-0.15, -0.1) is 11.3 Å². The molecule has 0 atom stereocenters. The number of rotatable bonds is 4. The summed E-state index contributed by atoms with van der Waals surface area (Å²) in [5.41, 5.74) is 7.85. The van der Waals surface area contributed by atoms with Crippen LogP contribution < -0.4 is 0 Å². The average Bonchev–Trinajstić information content (AvgIpc) is 3.84. The van der Waals surface area contributed by atoms with Gasteiger partial charge in [0.25, 0.3) is 0 Å². The molecule has 0 fully saturated rings. The van der Waals surface area contributed by atoms with Crippen molar-refractivity contribution in [1.29, 1.82) is 0 Å². The predicted molar refractivity (Wildman–Crippen MR) is 189 cm³/mol. The Labute approximate surface area is 271 Å². The monoisotopic (exact) mass is 622 g/mol. The van der Waals surface area contributed by atoms with Crippen LogP contribution in [0.25, 0.3) is 98.8 Å². The molecule has 6 nitrogen and oxygen atoms in total. The Morgan fingerprint density at radius 1 is 0.447 bits per heavy atom. The van der Waals surface area contributed by atoms with Crippen LogP contribution in [0.4, 0.5) is 0 Å². The lowest BCUT2D eigenvalue weighted by Crippen LogP contribution is -2.00. The molecule has 0 N–H and O–H groups in total. The molecule has 0 spiro atoms. The molecule has 10 aromatic rings. The van der Waals surface area contributed by atoms with E-state index in [-0.39, 0.29) is 0 Å². The summed E-state index contributed by atoms with van der Waals surface area (Å²) in [5.74, 6) is 1.76.